The molecule has 0 N–H and O–H groups in total. The van der Waals surface area contributed by atoms with Crippen molar-refractivity contribution in [3.63, 3.8) is 0 Å². The number of piperidine rings is 1. The van der Waals surface area contributed by atoms with Gasteiger partial charge >= 0.3 is 6.09 Å². The summed E-state index contributed by atoms with van der Waals surface area (Å²) in [6, 6.07) is 0.0697. The van der Waals surface area contributed by atoms with Crippen LogP contribution in [0.3, 0.4) is 0 Å². The fourth-order valence-corrected chi connectivity index (χ4v) is 2.44. The molecule has 2 rings (SSSR count). The number of carbonyl (C=O) groups excluding carboxylic acids is 1. The van der Waals surface area contributed by atoms with Gasteiger partial charge in [0.25, 0.3) is 0 Å². The van der Waals surface area contributed by atoms with Crippen LogP contribution in [0.25, 0.3) is 0 Å². The Balaban J connectivity index is 1.85. The summed E-state index contributed by atoms with van der Waals surface area (Å²) in [5.41, 5.74) is 0.321. The Morgan fingerprint density at radius 1 is 1.36 bits per heavy atom. The molecule has 0 saturated carbocycles. The van der Waals surface area contributed by atoms with E-state index in [0.717, 1.165) is 31.5 Å². The minimum atomic E-state index is -0.473. The van der Waals surface area contributed by atoms with Gasteiger partial charge in [0.2, 0.25) is 0 Å². The number of aromatic nitrogens is 2. The van der Waals surface area contributed by atoms with Crippen LogP contribution < -0.4 is 0 Å². The predicted molar refractivity (Wildman–Crippen MR) is 82.3 cm³/mol. The van der Waals surface area contributed by atoms with Crippen molar-refractivity contribution < 1.29 is 14.3 Å². The smallest absolute Gasteiger partial charge is 0.410 e. The quantitative estimate of drug-likeness (QED) is 0.856. The lowest BCUT2D eigenvalue weighted by Gasteiger charge is -2.36. The topological polar surface area (TPSA) is 64.5 Å². The average Bonchev–Trinajstić information content (AvgIpc) is 2.47. The van der Waals surface area contributed by atoms with Crippen molar-refractivity contribution in [2.45, 2.75) is 58.3 Å². The van der Waals surface area contributed by atoms with E-state index in [2.05, 4.69) is 9.97 Å². The number of ether oxygens (including phenoxy) is 2. The van der Waals surface area contributed by atoms with Crippen LogP contribution in [-0.2, 0) is 16.1 Å². The van der Waals surface area contributed by atoms with Crippen LogP contribution in [0, 0.1) is 0 Å². The zero-order valence-electron chi connectivity index (χ0n) is 13.6. The van der Waals surface area contributed by atoms with Gasteiger partial charge in [-0.3, -0.25) is 9.97 Å². The van der Waals surface area contributed by atoms with Gasteiger partial charge in [0.05, 0.1) is 31.1 Å². The molecule has 0 spiro atoms. The third kappa shape index (κ3) is 5.26. The van der Waals surface area contributed by atoms with Gasteiger partial charge in [-0.25, -0.2) is 4.79 Å². The summed E-state index contributed by atoms with van der Waals surface area (Å²) in [5.74, 6) is 0. The average molecular weight is 307 g/mol. The number of likely N-dealkylation sites (tertiary alicyclic amines) is 1. The van der Waals surface area contributed by atoms with Gasteiger partial charge in [-0.2, -0.15) is 0 Å². The number of rotatable bonds is 4. The molecule has 122 valence electrons. The summed E-state index contributed by atoms with van der Waals surface area (Å²) in [6.07, 6.45) is 7.78. The normalized spacial score (nSPS) is 19.0. The first-order valence-electron chi connectivity index (χ1n) is 7.78. The molecule has 0 unspecified atom stereocenters. The molecule has 1 fully saturated rings. The van der Waals surface area contributed by atoms with Gasteiger partial charge in [0.1, 0.15) is 5.60 Å². The lowest BCUT2D eigenvalue weighted by atomic mass is 10.0. The number of carbonyl (C=O) groups is 1. The number of hydrogen-bond donors (Lipinski definition) is 0. The molecule has 0 bridgehead atoms. The van der Waals surface area contributed by atoms with Crippen LogP contribution in [0.15, 0.2) is 18.6 Å². The van der Waals surface area contributed by atoms with E-state index in [1.807, 2.05) is 20.8 Å². The maximum Gasteiger partial charge on any atom is 0.410 e. The molecule has 0 radical (unpaired) electrons. The molecular formula is C16H25N3O3. The Hall–Kier alpha value is -1.69. The minimum Gasteiger partial charge on any atom is -0.444 e. The van der Waals surface area contributed by atoms with Crippen LogP contribution in [0.2, 0.25) is 0 Å². The van der Waals surface area contributed by atoms with E-state index in [1.54, 1.807) is 23.5 Å². The monoisotopic (exact) mass is 307 g/mol. The summed E-state index contributed by atoms with van der Waals surface area (Å²) in [6.45, 7) is 7.29. The van der Waals surface area contributed by atoms with Crippen LogP contribution in [0.4, 0.5) is 4.79 Å². The zero-order chi connectivity index (χ0) is 16.0. The highest BCUT2D eigenvalue weighted by Crippen LogP contribution is 2.20. The van der Waals surface area contributed by atoms with Crippen LogP contribution in [0.1, 0.15) is 45.7 Å². The van der Waals surface area contributed by atoms with Gasteiger partial charge in [-0.05, 0) is 40.0 Å². The summed E-state index contributed by atoms with van der Waals surface area (Å²) in [7, 11) is 0. The molecule has 6 heteroatoms. The second kappa shape index (κ2) is 7.54. The summed E-state index contributed by atoms with van der Waals surface area (Å²) < 4.78 is 11.2. The lowest BCUT2D eigenvalue weighted by molar-refractivity contribution is -0.0103. The van der Waals surface area contributed by atoms with E-state index in [9.17, 15) is 4.79 Å². The number of nitrogens with zero attached hydrogens (tertiary/aromatic N) is 3. The third-order valence-electron chi connectivity index (χ3n) is 3.43. The van der Waals surface area contributed by atoms with Crippen molar-refractivity contribution in [2.75, 3.05) is 13.2 Å². The van der Waals surface area contributed by atoms with E-state index < -0.39 is 5.60 Å². The molecule has 1 amide bonds. The molecule has 1 aliphatic rings. The van der Waals surface area contributed by atoms with Crippen molar-refractivity contribution in [3.05, 3.63) is 24.3 Å². The lowest BCUT2D eigenvalue weighted by Crippen LogP contribution is -2.48. The number of hydrogen-bond acceptors (Lipinski definition) is 5. The van der Waals surface area contributed by atoms with Crippen molar-refractivity contribution >= 4 is 6.09 Å². The first-order valence-corrected chi connectivity index (χ1v) is 7.78. The van der Waals surface area contributed by atoms with Gasteiger partial charge in [0.15, 0.2) is 0 Å². The first kappa shape index (κ1) is 16.7. The van der Waals surface area contributed by atoms with E-state index in [4.69, 9.17) is 9.47 Å². The van der Waals surface area contributed by atoms with E-state index in [1.165, 1.54) is 0 Å². The Morgan fingerprint density at radius 2 is 2.18 bits per heavy atom. The van der Waals surface area contributed by atoms with E-state index in [-0.39, 0.29) is 12.1 Å². The SMILES string of the molecule is CC(C)(C)OC(=O)N1CCCC[C@H]1COCc1cnccn1. The fourth-order valence-electron chi connectivity index (χ4n) is 2.44. The maximum atomic E-state index is 12.3. The molecule has 0 aliphatic carbocycles. The molecule has 22 heavy (non-hydrogen) atoms. The van der Waals surface area contributed by atoms with E-state index in [0.29, 0.717) is 13.2 Å². The second-order valence-corrected chi connectivity index (χ2v) is 6.54. The van der Waals surface area contributed by atoms with Crippen molar-refractivity contribution in [2.24, 2.45) is 0 Å². The van der Waals surface area contributed by atoms with Crippen molar-refractivity contribution in [1.82, 2.24) is 14.9 Å². The molecule has 1 atom stereocenters. The Labute approximate surface area is 131 Å². The molecule has 1 aromatic rings. The number of amides is 1. The zero-order valence-corrected chi connectivity index (χ0v) is 13.6. The molecule has 0 aromatic carbocycles. The van der Waals surface area contributed by atoms with E-state index >= 15 is 0 Å². The largest absolute Gasteiger partial charge is 0.444 e. The third-order valence-corrected chi connectivity index (χ3v) is 3.43. The van der Waals surface area contributed by atoms with Gasteiger partial charge in [0, 0.05) is 18.9 Å². The second-order valence-electron chi connectivity index (χ2n) is 6.54. The maximum absolute atomic E-state index is 12.3. The Morgan fingerprint density at radius 3 is 2.86 bits per heavy atom. The first-order chi connectivity index (χ1) is 10.5. The minimum absolute atomic E-state index is 0.0697. The van der Waals surface area contributed by atoms with Crippen LogP contribution in [0.5, 0.6) is 0 Å². The molecule has 1 aromatic heterocycles. The standard InChI is InChI=1S/C16H25N3O3/c1-16(2,3)22-15(20)19-9-5-4-6-14(19)12-21-11-13-10-17-7-8-18-13/h7-8,10,14H,4-6,9,11-12H2,1-3H3/t14-/m0/s1. The summed E-state index contributed by atoms with van der Waals surface area (Å²) in [5, 5.41) is 0. The van der Waals surface area contributed by atoms with Crippen LogP contribution >= 0.6 is 0 Å². The highest BCUT2D eigenvalue weighted by molar-refractivity contribution is 5.68. The van der Waals surface area contributed by atoms with Gasteiger partial charge < -0.3 is 14.4 Å². The molecule has 1 saturated heterocycles. The summed E-state index contributed by atoms with van der Waals surface area (Å²) >= 11 is 0. The molecule has 6 nitrogen and oxygen atoms in total. The van der Waals surface area contributed by atoms with Crippen molar-refractivity contribution in [3.8, 4) is 0 Å². The summed E-state index contributed by atoms with van der Waals surface area (Å²) in [4.78, 5) is 22.3. The Kier molecular flexibility index (Phi) is 5.71. The molecular weight excluding hydrogens is 282 g/mol. The van der Waals surface area contributed by atoms with Crippen LogP contribution in [-0.4, -0.2) is 45.8 Å². The van der Waals surface area contributed by atoms with Gasteiger partial charge in [-0.1, -0.05) is 0 Å². The highest BCUT2D eigenvalue weighted by Gasteiger charge is 2.30. The van der Waals surface area contributed by atoms with Gasteiger partial charge in [-0.15, -0.1) is 0 Å². The molecule has 1 aliphatic heterocycles. The fraction of sp³-hybridized carbons (Fsp3) is 0.688. The predicted octanol–water partition coefficient (Wildman–Crippen LogP) is 2.78. The van der Waals surface area contributed by atoms with Crippen molar-refractivity contribution in [1.29, 1.82) is 0 Å². The Bertz CT molecular complexity index is 473. The highest BCUT2D eigenvalue weighted by atomic mass is 16.6. The molecule has 2 heterocycles.